The second-order valence-electron chi connectivity index (χ2n) is 6.81. The number of anilines is 1. The highest BCUT2D eigenvalue weighted by molar-refractivity contribution is 6.23. The van der Waals surface area contributed by atoms with E-state index in [0.717, 1.165) is 24.8 Å². The van der Waals surface area contributed by atoms with E-state index in [-0.39, 0.29) is 5.69 Å². The van der Waals surface area contributed by atoms with Crippen molar-refractivity contribution in [1.82, 2.24) is 0 Å². The molecular formula is C19H16FNO7. The van der Waals surface area contributed by atoms with Gasteiger partial charge in [-0.25, -0.2) is 9.29 Å². The third-order valence-electron chi connectivity index (χ3n) is 5.09. The van der Waals surface area contributed by atoms with Gasteiger partial charge in [0.1, 0.15) is 5.82 Å². The highest BCUT2D eigenvalue weighted by atomic mass is 19.1. The van der Waals surface area contributed by atoms with Crippen LogP contribution in [-0.4, -0.2) is 41.7 Å². The Morgan fingerprint density at radius 1 is 1.14 bits per heavy atom. The van der Waals surface area contributed by atoms with Crippen molar-refractivity contribution < 1.29 is 37.8 Å². The van der Waals surface area contributed by atoms with Gasteiger partial charge in [0.05, 0.1) is 23.6 Å². The van der Waals surface area contributed by atoms with Crippen molar-refractivity contribution in [1.29, 1.82) is 0 Å². The molecule has 2 bridgehead atoms. The highest BCUT2D eigenvalue weighted by Crippen LogP contribution is 2.54. The quantitative estimate of drug-likeness (QED) is 0.329. The minimum atomic E-state index is -1.65. The molecule has 4 atom stereocenters. The van der Waals surface area contributed by atoms with E-state index in [0.29, 0.717) is 0 Å². The average Bonchev–Trinajstić information content (AvgIpc) is 3.26. The summed E-state index contributed by atoms with van der Waals surface area (Å²) in [6.07, 6.45) is 0.672. The van der Waals surface area contributed by atoms with Crippen LogP contribution in [0.2, 0.25) is 0 Å². The van der Waals surface area contributed by atoms with Crippen LogP contribution in [-0.2, 0) is 33.4 Å². The van der Waals surface area contributed by atoms with Gasteiger partial charge in [-0.2, -0.15) is 0 Å². The number of ether oxygens (including phenoxy) is 3. The van der Waals surface area contributed by atoms with Crippen molar-refractivity contribution in [2.75, 3.05) is 4.90 Å². The predicted molar refractivity (Wildman–Crippen MR) is 89.9 cm³/mol. The van der Waals surface area contributed by atoms with Crippen LogP contribution in [0.25, 0.3) is 0 Å². The molecule has 2 saturated heterocycles. The van der Waals surface area contributed by atoms with Crippen LogP contribution in [0.3, 0.4) is 0 Å². The first-order valence-electron chi connectivity index (χ1n) is 8.60. The molecule has 0 aromatic heterocycles. The largest absolute Gasteiger partial charge is 0.422 e. The number of esters is 2. The van der Waals surface area contributed by atoms with E-state index in [2.05, 4.69) is 0 Å². The molecule has 3 aliphatic heterocycles. The first-order valence-corrected chi connectivity index (χ1v) is 8.60. The summed E-state index contributed by atoms with van der Waals surface area (Å²) in [5.74, 6) is -5.64. The van der Waals surface area contributed by atoms with Crippen LogP contribution in [0.15, 0.2) is 36.4 Å². The van der Waals surface area contributed by atoms with Crippen molar-refractivity contribution in [3.05, 3.63) is 42.2 Å². The number of para-hydroxylation sites is 1. The maximum Gasteiger partial charge on any atom is 0.305 e. The molecule has 0 saturated carbocycles. The fourth-order valence-corrected chi connectivity index (χ4v) is 4.09. The molecule has 3 aliphatic rings. The minimum absolute atomic E-state index is 0.169. The third kappa shape index (κ3) is 2.46. The van der Waals surface area contributed by atoms with Gasteiger partial charge in [0.15, 0.2) is 5.60 Å². The number of rotatable bonds is 4. The van der Waals surface area contributed by atoms with Gasteiger partial charge < -0.3 is 14.2 Å². The number of hydrogen-bond donors (Lipinski definition) is 0. The monoisotopic (exact) mass is 389 g/mol. The lowest BCUT2D eigenvalue weighted by atomic mass is 9.76. The molecule has 4 rings (SSSR count). The minimum Gasteiger partial charge on any atom is -0.422 e. The Balaban J connectivity index is 1.77. The average molecular weight is 389 g/mol. The molecule has 1 aromatic rings. The molecule has 28 heavy (non-hydrogen) atoms. The molecule has 0 unspecified atom stereocenters. The standard InChI is InChI=1S/C19H16FNO7/c1-9(22)26-18(27-10(2)23)19-8-7-13(28-19)14-15(19)17(25)21(16(14)24)12-6-4-3-5-11(12)20/h3-8,13-15,18H,1-2H3/t13-,14-,15+,19+/m1/s1. The number of nitrogens with zero attached hydrogens (tertiary/aromatic N) is 1. The summed E-state index contributed by atoms with van der Waals surface area (Å²) < 4.78 is 30.3. The van der Waals surface area contributed by atoms with Crippen LogP contribution >= 0.6 is 0 Å². The number of carbonyl (C=O) groups is 4. The first-order chi connectivity index (χ1) is 13.3. The maximum atomic E-state index is 14.2. The number of amides is 2. The Morgan fingerprint density at radius 3 is 2.39 bits per heavy atom. The van der Waals surface area contributed by atoms with Gasteiger partial charge in [-0.3, -0.25) is 19.2 Å². The van der Waals surface area contributed by atoms with E-state index in [1.165, 1.54) is 24.3 Å². The molecule has 8 nitrogen and oxygen atoms in total. The molecule has 0 N–H and O–H groups in total. The summed E-state index contributed by atoms with van der Waals surface area (Å²) in [5, 5.41) is 0. The Bertz CT molecular complexity index is 913. The van der Waals surface area contributed by atoms with Crippen LogP contribution in [0, 0.1) is 17.7 Å². The Kier molecular flexibility index (Phi) is 4.07. The summed E-state index contributed by atoms with van der Waals surface area (Å²) in [7, 11) is 0. The van der Waals surface area contributed by atoms with Crippen molar-refractivity contribution >= 4 is 29.4 Å². The lowest BCUT2D eigenvalue weighted by Gasteiger charge is -2.34. The molecule has 2 fully saturated rings. The molecule has 0 radical (unpaired) electrons. The van der Waals surface area contributed by atoms with Crippen molar-refractivity contribution in [2.24, 2.45) is 11.8 Å². The van der Waals surface area contributed by atoms with E-state index in [4.69, 9.17) is 14.2 Å². The fraction of sp³-hybridized carbons (Fsp3) is 0.368. The third-order valence-corrected chi connectivity index (χ3v) is 5.09. The lowest BCUT2D eigenvalue weighted by molar-refractivity contribution is -0.226. The van der Waals surface area contributed by atoms with E-state index >= 15 is 0 Å². The van der Waals surface area contributed by atoms with Crippen molar-refractivity contribution in [3.8, 4) is 0 Å². The topological polar surface area (TPSA) is 99.2 Å². The Morgan fingerprint density at radius 2 is 1.79 bits per heavy atom. The van der Waals surface area contributed by atoms with E-state index in [1.807, 2.05) is 0 Å². The molecule has 3 heterocycles. The Labute approximate surface area is 158 Å². The van der Waals surface area contributed by atoms with E-state index in [1.54, 1.807) is 6.08 Å². The summed E-state index contributed by atoms with van der Waals surface area (Å²) >= 11 is 0. The number of imide groups is 1. The van der Waals surface area contributed by atoms with E-state index < -0.39 is 59.4 Å². The Hall–Kier alpha value is -3.07. The first kappa shape index (κ1) is 18.3. The van der Waals surface area contributed by atoms with Crippen LogP contribution in [0.4, 0.5) is 10.1 Å². The number of carbonyl (C=O) groups excluding carboxylic acids is 4. The summed E-state index contributed by atoms with van der Waals surface area (Å²) in [6, 6.07) is 5.42. The van der Waals surface area contributed by atoms with Crippen LogP contribution in [0.5, 0.6) is 0 Å². The van der Waals surface area contributed by atoms with Crippen molar-refractivity contribution in [2.45, 2.75) is 31.8 Å². The zero-order valence-electron chi connectivity index (χ0n) is 15.0. The zero-order chi connectivity index (χ0) is 20.2. The van der Waals surface area contributed by atoms with Gasteiger partial charge in [0.2, 0.25) is 11.8 Å². The molecule has 146 valence electrons. The summed E-state index contributed by atoms with van der Waals surface area (Å²) in [4.78, 5) is 50.0. The number of halogens is 1. The van der Waals surface area contributed by atoms with Gasteiger partial charge in [-0.1, -0.05) is 18.2 Å². The summed E-state index contributed by atoms with van der Waals surface area (Å²) in [6.45, 7) is 2.23. The zero-order valence-corrected chi connectivity index (χ0v) is 15.0. The van der Waals surface area contributed by atoms with Crippen LogP contribution in [0.1, 0.15) is 13.8 Å². The summed E-state index contributed by atoms with van der Waals surface area (Å²) in [5.41, 5.74) is -1.82. The second kappa shape index (κ2) is 6.23. The normalized spacial score (nSPS) is 30.1. The molecule has 1 aromatic carbocycles. The van der Waals surface area contributed by atoms with Gasteiger partial charge in [-0.15, -0.1) is 0 Å². The van der Waals surface area contributed by atoms with Gasteiger partial charge in [0, 0.05) is 13.8 Å². The van der Waals surface area contributed by atoms with Gasteiger partial charge in [-0.05, 0) is 18.2 Å². The maximum absolute atomic E-state index is 14.2. The lowest BCUT2D eigenvalue weighted by Crippen LogP contribution is -2.52. The molecule has 0 spiro atoms. The van der Waals surface area contributed by atoms with Crippen LogP contribution < -0.4 is 4.90 Å². The number of hydrogen-bond acceptors (Lipinski definition) is 7. The second-order valence-corrected chi connectivity index (χ2v) is 6.81. The predicted octanol–water partition coefficient (Wildman–Crippen LogP) is 1.09. The SMILES string of the molecule is CC(=O)OC(OC(C)=O)[C@@]12C=C[C@@H](O1)[C@H]1C(=O)N(c3ccccc3F)C(=O)[C@H]12. The smallest absolute Gasteiger partial charge is 0.305 e. The molecule has 9 heteroatoms. The number of fused-ring (bicyclic) bond motifs is 5. The molecule has 0 aliphatic carbocycles. The van der Waals surface area contributed by atoms with Gasteiger partial charge >= 0.3 is 11.9 Å². The molecular weight excluding hydrogens is 373 g/mol. The highest BCUT2D eigenvalue weighted by Gasteiger charge is 2.72. The molecule has 2 amide bonds. The van der Waals surface area contributed by atoms with E-state index in [9.17, 15) is 23.6 Å². The van der Waals surface area contributed by atoms with Crippen molar-refractivity contribution in [3.63, 3.8) is 0 Å². The fourth-order valence-electron chi connectivity index (χ4n) is 4.09. The number of benzene rings is 1. The van der Waals surface area contributed by atoms with Gasteiger partial charge in [0.25, 0.3) is 6.29 Å².